The summed E-state index contributed by atoms with van der Waals surface area (Å²) in [6, 6.07) is 20.7. The van der Waals surface area contributed by atoms with E-state index in [1.165, 1.54) is 6.33 Å². The van der Waals surface area contributed by atoms with Crippen LogP contribution in [0.25, 0.3) is 5.69 Å². The lowest BCUT2D eigenvalue weighted by molar-refractivity contribution is 0.0706. The molecule has 0 aliphatic heterocycles. The smallest absolute Gasteiger partial charge is 0.289 e. The molecular weight excluding hydrogens is 380 g/mol. The maximum atomic E-state index is 12.9. The van der Waals surface area contributed by atoms with Crippen molar-refractivity contribution >= 4 is 5.91 Å². The topological polar surface area (TPSA) is 73.4 Å². The number of hydrogen-bond donors (Lipinski definition) is 0. The fourth-order valence-electron chi connectivity index (χ4n) is 3.06. The molecule has 2 aromatic heterocycles. The molecule has 0 radical (unpaired) electrons. The molecule has 7 nitrogen and oxygen atoms in total. The molecule has 4 rings (SSSR count). The number of para-hydroxylation sites is 1. The van der Waals surface area contributed by atoms with E-state index in [9.17, 15) is 4.79 Å². The van der Waals surface area contributed by atoms with Gasteiger partial charge in [0.15, 0.2) is 5.76 Å². The zero-order chi connectivity index (χ0) is 20.9. The van der Waals surface area contributed by atoms with Gasteiger partial charge in [0.2, 0.25) is 0 Å². The molecule has 0 fully saturated rings. The molecule has 4 aromatic rings. The molecule has 1 atom stereocenters. The highest BCUT2D eigenvalue weighted by Gasteiger charge is 2.22. The van der Waals surface area contributed by atoms with Crippen molar-refractivity contribution < 1.29 is 13.9 Å². The number of amides is 1. The van der Waals surface area contributed by atoms with Gasteiger partial charge in [-0.3, -0.25) is 4.79 Å². The van der Waals surface area contributed by atoms with Crippen molar-refractivity contribution in [3.63, 3.8) is 0 Å². The first-order valence-electron chi connectivity index (χ1n) is 9.60. The molecule has 7 heteroatoms. The van der Waals surface area contributed by atoms with Gasteiger partial charge < -0.3 is 14.1 Å². The average Bonchev–Trinajstić information content (AvgIpc) is 3.49. The number of rotatable bonds is 7. The van der Waals surface area contributed by atoms with Crippen LogP contribution in [0.1, 0.15) is 34.8 Å². The molecule has 2 heterocycles. The highest BCUT2D eigenvalue weighted by molar-refractivity contribution is 5.91. The van der Waals surface area contributed by atoms with Crippen LogP contribution in [0.3, 0.4) is 0 Å². The minimum absolute atomic E-state index is 0.128. The molecule has 2 aromatic carbocycles. The van der Waals surface area contributed by atoms with Crippen molar-refractivity contribution in [1.82, 2.24) is 19.7 Å². The third-order valence-corrected chi connectivity index (χ3v) is 4.96. The summed E-state index contributed by atoms with van der Waals surface area (Å²) in [5, 5.41) is 4.12. The van der Waals surface area contributed by atoms with Gasteiger partial charge in [-0.2, -0.15) is 5.10 Å². The van der Waals surface area contributed by atoms with Gasteiger partial charge in [-0.1, -0.05) is 30.3 Å². The monoisotopic (exact) mass is 402 g/mol. The van der Waals surface area contributed by atoms with Crippen molar-refractivity contribution in [2.24, 2.45) is 0 Å². The Bertz CT molecular complexity index is 1090. The minimum atomic E-state index is -0.186. The van der Waals surface area contributed by atoms with E-state index in [0.29, 0.717) is 5.76 Å². The van der Waals surface area contributed by atoms with E-state index >= 15 is 0 Å². The van der Waals surface area contributed by atoms with Crippen molar-refractivity contribution in [3.05, 3.63) is 96.5 Å². The van der Waals surface area contributed by atoms with Crippen LogP contribution in [-0.4, -0.2) is 32.6 Å². The molecule has 0 spiro atoms. The summed E-state index contributed by atoms with van der Waals surface area (Å²) in [5.74, 6) is 1.45. The lowest BCUT2D eigenvalue weighted by Crippen LogP contribution is -2.29. The first-order valence-corrected chi connectivity index (χ1v) is 9.60. The number of furan rings is 1. The Labute approximate surface area is 174 Å². The quantitative estimate of drug-likeness (QED) is 0.461. The summed E-state index contributed by atoms with van der Waals surface area (Å²) < 4.78 is 13.1. The Hall–Kier alpha value is -3.87. The van der Waals surface area contributed by atoms with Crippen molar-refractivity contribution in [3.8, 4) is 11.4 Å². The Kier molecular flexibility index (Phi) is 5.61. The van der Waals surface area contributed by atoms with Crippen molar-refractivity contribution in [2.45, 2.75) is 19.6 Å². The maximum absolute atomic E-state index is 12.9. The predicted molar refractivity (Wildman–Crippen MR) is 111 cm³/mol. The van der Waals surface area contributed by atoms with Crippen molar-refractivity contribution in [2.75, 3.05) is 7.05 Å². The summed E-state index contributed by atoms with van der Waals surface area (Å²) in [7, 11) is 1.76. The normalized spacial score (nSPS) is 11.8. The number of benzene rings is 2. The third-order valence-electron chi connectivity index (χ3n) is 4.96. The molecule has 0 unspecified atom stereocenters. The second-order valence-electron chi connectivity index (χ2n) is 6.89. The summed E-state index contributed by atoms with van der Waals surface area (Å²) in [6.07, 6.45) is 3.13. The fraction of sp³-hybridized carbons (Fsp3) is 0.174. The van der Waals surface area contributed by atoms with Crippen LogP contribution in [0.15, 0.2) is 83.8 Å². The Balaban J connectivity index is 1.40. The summed E-state index contributed by atoms with van der Waals surface area (Å²) in [5.41, 5.74) is 1.92. The molecule has 0 N–H and O–H groups in total. The molecule has 0 saturated heterocycles. The van der Waals surface area contributed by atoms with Crippen LogP contribution in [0.4, 0.5) is 0 Å². The predicted octanol–water partition coefficient (Wildman–Crippen LogP) is 4.27. The van der Waals surface area contributed by atoms with E-state index in [0.717, 1.165) is 17.0 Å². The van der Waals surface area contributed by atoms with Crippen LogP contribution in [0.5, 0.6) is 5.75 Å². The van der Waals surface area contributed by atoms with Crippen molar-refractivity contribution in [1.29, 1.82) is 0 Å². The van der Waals surface area contributed by atoms with Gasteiger partial charge in [-0.25, -0.2) is 9.67 Å². The van der Waals surface area contributed by atoms with Crippen LogP contribution < -0.4 is 4.74 Å². The van der Waals surface area contributed by atoms with E-state index in [1.807, 2.05) is 61.5 Å². The standard InChI is InChI=1S/C23H22N4O3/c1-17(18-8-10-19(11-9-18)27-16-24-15-25-27)26(2)23(28)22-13-12-21(30-22)14-29-20-6-4-3-5-7-20/h3-13,15-17H,14H2,1-2H3/t17-/m0/s1. The van der Waals surface area contributed by atoms with Gasteiger partial charge in [0.05, 0.1) is 11.7 Å². The zero-order valence-electron chi connectivity index (χ0n) is 16.8. The number of ether oxygens (including phenoxy) is 1. The Morgan fingerprint density at radius 1 is 1.10 bits per heavy atom. The van der Waals surface area contributed by atoms with E-state index in [2.05, 4.69) is 10.1 Å². The van der Waals surface area contributed by atoms with Gasteiger partial charge in [0.1, 0.15) is 30.8 Å². The number of carbonyl (C=O) groups is 1. The van der Waals surface area contributed by atoms with Crippen LogP contribution in [0.2, 0.25) is 0 Å². The first kappa shape index (κ1) is 19.4. The Morgan fingerprint density at radius 2 is 1.87 bits per heavy atom. The van der Waals surface area contributed by atoms with Crippen LogP contribution in [-0.2, 0) is 6.61 Å². The Morgan fingerprint density at radius 3 is 2.57 bits per heavy atom. The van der Waals surface area contributed by atoms with Gasteiger partial charge in [0, 0.05) is 7.05 Å². The molecular formula is C23H22N4O3. The van der Waals surface area contributed by atoms with Gasteiger partial charge in [-0.05, 0) is 48.9 Å². The molecule has 0 bridgehead atoms. The summed E-state index contributed by atoms with van der Waals surface area (Å²) >= 11 is 0. The number of carbonyl (C=O) groups excluding carboxylic acids is 1. The van der Waals surface area contributed by atoms with E-state index < -0.39 is 0 Å². The summed E-state index contributed by atoms with van der Waals surface area (Å²) in [6.45, 7) is 2.24. The van der Waals surface area contributed by atoms with Crippen LogP contribution in [0, 0.1) is 0 Å². The highest BCUT2D eigenvalue weighted by Crippen LogP contribution is 2.23. The van der Waals surface area contributed by atoms with Crippen LogP contribution >= 0.6 is 0 Å². The molecule has 0 saturated carbocycles. The number of nitrogens with zero attached hydrogens (tertiary/aromatic N) is 4. The zero-order valence-corrected chi connectivity index (χ0v) is 16.8. The average molecular weight is 402 g/mol. The molecule has 0 aliphatic carbocycles. The molecule has 0 aliphatic rings. The molecule has 1 amide bonds. The molecule has 152 valence electrons. The van der Waals surface area contributed by atoms with Gasteiger partial charge >= 0.3 is 0 Å². The SMILES string of the molecule is C[C@@H](c1ccc(-n2cncn2)cc1)N(C)C(=O)c1ccc(COc2ccccc2)o1. The second kappa shape index (κ2) is 8.65. The maximum Gasteiger partial charge on any atom is 0.289 e. The largest absolute Gasteiger partial charge is 0.486 e. The number of aromatic nitrogens is 3. The summed E-state index contributed by atoms with van der Waals surface area (Å²) in [4.78, 5) is 18.5. The van der Waals surface area contributed by atoms with Gasteiger partial charge in [0.25, 0.3) is 5.91 Å². The highest BCUT2D eigenvalue weighted by atomic mass is 16.5. The lowest BCUT2D eigenvalue weighted by atomic mass is 10.1. The van der Waals surface area contributed by atoms with E-state index in [4.69, 9.17) is 9.15 Å². The van der Waals surface area contributed by atoms with Gasteiger partial charge in [-0.15, -0.1) is 0 Å². The molecule has 30 heavy (non-hydrogen) atoms. The fourth-order valence-corrected chi connectivity index (χ4v) is 3.06. The number of hydrogen-bond acceptors (Lipinski definition) is 5. The van der Waals surface area contributed by atoms with E-state index in [-0.39, 0.29) is 24.3 Å². The first-order chi connectivity index (χ1) is 14.6. The third kappa shape index (κ3) is 4.25. The lowest BCUT2D eigenvalue weighted by Gasteiger charge is -2.24. The second-order valence-corrected chi connectivity index (χ2v) is 6.89. The minimum Gasteiger partial charge on any atom is -0.486 e. The van der Waals surface area contributed by atoms with E-state index in [1.54, 1.807) is 35.1 Å².